The first kappa shape index (κ1) is 22.1. The van der Waals surface area contributed by atoms with Crippen LogP contribution in [-0.2, 0) is 16.0 Å². The number of nitrogens with one attached hydrogen (secondary N) is 1. The molecule has 8 heteroatoms. The van der Waals surface area contributed by atoms with E-state index in [4.69, 9.17) is 0 Å². The van der Waals surface area contributed by atoms with Gasteiger partial charge in [-0.1, -0.05) is 30.3 Å². The number of nitrogens with zero attached hydrogens (tertiary/aromatic N) is 3. The fourth-order valence-electron chi connectivity index (χ4n) is 4.07. The summed E-state index contributed by atoms with van der Waals surface area (Å²) in [6.07, 6.45) is 1.74. The summed E-state index contributed by atoms with van der Waals surface area (Å²) in [6.45, 7) is 3.17. The molecule has 0 radical (unpaired) electrons. The van der Waals surface area contributed by atoms with Crippen LogP contribution in [0.15, 0.2) is 30.3 Å². The molecule has 30 heavy (non-hydrogen) atoms. The van der Waals surface area contributed by atoms with Crippen molar-refractivity contribution in [2.24, 2.45) is 5.92 Å². The van der Waals surface area contributed by atoms with Crippen LogP contribution >= 0.6 is 0 Å². The number of likely N-dealkylation sites (N-methyl/N-ethyl adjacent to an activating group) is 1. The number of rotatable bonds is 7. The highest BCUT2D eigenvalue weighted by Crippen LogP contribution is 2.19. The Morgan fingerprint density at radius 2 is 1.90 bits per heavy atom. The molecule has 2 fully saturated rings. The molecule has 0 spiro atoms. The van der Waals surface area contributed by atoms with Gasteiger partial charge in [0, 0.05) is 46.2 Å². The third-order valence-corrected chi connectivity index (χ3v) is 5.94. The van der Waals surface area contributed by atoms with Crippen LogP contribution in [0.25, 0.3) is 0 Å². The standard InChI is InChI=1S/C22H32N4O4/c1-24(20(28)16-26-11-5-10-23-22(26)30)15-18-8-12-25(13-9-18)21(29)19(27)14-17-6-3-2-4-7-17/h2-4,6-7,18-19,27H,5,8-16H2,1H3,(H,23,30). The fourth-order valence-corrected chi connectivity index (χ4v) is 4.07. The van der Waals surface area contributed by atoms with Crippen molar-refractivity contribution in [2.75, 3.05) is 46.3 Å². The van der Waals surface area contributed by atoms with E-state index in [0.717, 1.165) is 24.8 Å². The highest BCUT2D eigenvalue weighted by atomic mass is 16.3. The largest absolute Gasteiger partial charge is 0.383 e. The smallest absolute Gasteiger partial charge is 0.317 e. The Morgan fingerprint density at radius 1 is 1.20 bits per heavy atom. The maximum atomic E-state index is 12.6. The molecule has 1 atom stereocenters. The molecule has 0 aromatic heterocycles. The zero-order chi connectivity index (χ0) is 21.5. The lowest BCUT2D eigenvalue weighted by Crippen LogP contribution is -2.51. The van der Waals surface area contributed by atoms with E-state index in [0.29, 0.717) is 45.1 Å². The van der Waals surface area contributed by atoms with E-state index in [9.17, 15) is 19.5 Å². The van der Waals surface area contributed by atoms with Crippen molar-refractivity contribution in [3.05, 3.63) is 35.9 Å². The Bertz CT molecular complexity index is 734. The van der Waals surface area contributed by atoms with E-state index in [1.165, 1.54) is 0 Å². The predicted octanol–water partition coefficient (Wildman–Crippen LogP) is 0.702. The first-order valence-corrected chi connectivity index (χ1v) is 10.7. The summed E-state index contributed by atoms with van der Waals surface area (Å²) in [5, 5.41) is 13.1. The highest BCUT2D eigenvalue weighted by molar-refractivity contribution is 5.84. The molecule has 0 saturated carbocycles. The Labute approximate surface area is 177 Å². The second-order valence-corrected chi connectivity index (χ2v) is 8.26. The van der Waals surface area contributed by atoms with Gasteiger partial charge in [0.2, 0.25) is 5.91 Å². The highest BCUT2D eigenvalue weighted by Gasteiger charge is 2.29. The Morgan fingerprint density at radius 3 is 2.57 bits per heavy atom. The molecule has 1 aromatic rings. The lowest BCUT2D eigenvalue weighted by atomic mass is 9.95. The molecule has 2 saturated heterocycles. The van der Waals surface area contributed by atoms with Gasteiger partial charge >= 0.3 is 6.03 Å². The zero-order valence-corrected chi connectivity index (χ0v) is 17.6. The number of piperidine rings is 1. The lowest BCUT2D eigenvalue weighted by Gasteiger charge is -2.35. The molecule has 2 aliphatic rings. The molecule has 0 aliphatic carbocycles. The van der Waals surface area contributed by atoms with Crippen LogP contribution < -0.4 is 5.32 Å². The molecule has 3 rings (SSSR count). The van der Waals surface area contributed by atoms with Gasteiger partial charge < -0.3 is 25.1 Å². The Hall–Kier alpha value is -2.61. The molecule has 2 N–H and O–H groups in total. The van der Waals surface area contributed by atoms with Crippen LogP contribution in [0.4, 0.5) is 4.79 Å². The molecule has 164 valence electrons. The summed E-state index contributed by atoms with van der Waals surface area (Å²) in [7, 11) is 1.77. The molecule has 1 aromatic carbocycles. The summed E-state index contributed by atoms with van der Waals surface area (Å²) in [5.41, 5.74) is 0.941. The van der Waals surface area contributed by atoms with Crippen molar-refractivity contribution >= 4 is 17.8 Å². The van der Waals surface area contributed by atoms with Gasteiger partial charge in [-0.25, -0.2) is 4.79 Å². The van der Waals surface area contributed by atoms with E-state index < -0.39 is 6.10 Å². The Kier molecular flexibility index (Phi) is 7.68. The van der Waals surface area contributed by atoms with Crippen LogP contribution in [0.5, 0.6) is 0 Å². The quantitative estimate of drug-likeness (QED) is 0.684. The fraction of sp³-hybridized carbons (Fsp3) is 0.591. The molecule has 4 amide bonds. The third-order valence-electron chi connectivity index (χ3n) is 5.94. The van der Waals surface area contributed by atoms with E-state index >= 15 is 0 Å². The predicted molar refractivity (Wildman–Crippen MR) is 113 cm³/mol. The topological polar surface area (TPSA) is 93.2 Å². The minimum absolute atomic E-state index is 0.0659. The summed E-state index contributed by atoms with van der Waals surface area (Å²) in [6, 6.07) is 9.34. The van der Waals surface area contributed by atoms with Crippen LogP contribution in [0.2, 0.25) is 0 Å². The van der Waals surface area contributed by atoms with Gasteiger partial charge in [-0.05, 0) is 30.7 Å². The van der Waals surface area contributed by atoms with Gasteiger partial charge in [0.15, 0.2) is 0 Å². The number of benzene rings is 1. The molecule has 8 nitrogen and oxygen atoms in total. The maximum Gasteiger partial charge on any atom is 0.317 e. The third kappa shape index (κ3) is 5.95. The van der Waals surface area contributed by atoms with E-state index in [2.05, 4.69) is 5.32 Å². The summed E-state index contributed by atoms with van der Waals surface area (Å²) in [4.78, 5) is 41.8. The normalized spacial score (nSPS) is 18.7. The molecular formula is C22H32N4O4. The second kappa shape index (κ2) is 10.4. The second-order valence-electron chi connectivity index (χ2n) is 8.26. The van der Waals surface area contributed by atoms with E-state index in [1.54, 1.807) is 21.7 Å². The number of aliphatic hydroxyl groups is 1. The zero-order valence-electron chi connectivity index (χ0n) is 17.6. The number of hydrogen-bond donors (Lipinski definition) is 2. The van der Waals surface area contributed by atoms with Crippen molar-refractivity contribution in [3.8, 4) is 0 Å². The minimum atomic E-state index is -1.02. The number of likely N-dealkylation sites (tertiary alicyclic amines) is 1. The van der Waals surface area contributed by atoms with E-state index in [1.807, 2.05) is 30.3 Å². The SMILES string of the molecule is CN(CC1CCN(C(=O)C(O)Cc2ccccc2)CC1)C(=O)CN1CCCNC1=O. The van der Waals surface area contributed by atoms with Gasteiger partial charge in [0.25, 0.3) is 5.91 Å². The molecule has 2 aliphatic heterocycles. The van der Waals surface area contributed by atoms with Gasteiger partial charge in [-0.3, -0.25) is 9.59 Å². The average Bonchev–Trinajstić information content (AvgIpc) is 2.76. The van der Waals surface area contributed by atoms with E-state index in [-0.39, 0.29) is 24.4 Å². The number of carbonyl (C=O) groups excluding carboxylic acids is 3. The number of hydrogen-bond acceptors (Lipinski definition) is 4. The molecule has 1 unspecified atom stereocenters. The van der Waals surface area contributed by atoms with Gasteiger partial charge in [-0.15, -0.1) is 0 Å². The first-order valence-electron chi connectivity index (χ1n) is 10.7. The molecule has 2 heterocycles. The van der Waals surface area contributed by atoms with Gasteiger partial charge in [0.1, 0.15) is 12.6 Å². The Balaban J connectivity index is 1.40. The summed E-state index contributed by atoms with van der Waals surface area (Å²) < 4.78 is 0. The average molecular weight is 417 g/mol. The number of amides is 4. The van der Waals surface area contributed by atoms with Crippen LogP contribution in [0.1, 0.15) is 24.8 Å². The number of urea groups is 1. The first-order chi connectivity index (χ1) is 14.4. The van der Waals surface area contributed by atoms with Crippen LogP contribution in [0.3, 0.4) is 0 Å². The summed E-state index contributed by atoms with van der Waals surface area (Å²) in [5.74, 6) is 0.0196. The van der Waals surface area contributed by atoms with Crippen molar-refractivity contribution in [3.63, 3.8) is 0 Å². The molecule has 0 bridgehead atoms. The van der Waals surface area contributed by atoms with Crippen molar-refractivity contribution in [2.45, 2.75) is 31.8 Å². The van der Waals surface area contributed by atoms with Crippen molar-refractivity contribution < 1.29 is 19.5 Å². The molecular weight excluding hydrogens is 384 g/mol. The lowest BCUT2D eigenvalue weighted by molar-refractivity contribution is -0.142. The van der Waals surface area contributed by atoms with Crippen LogP contribution in [0, 0.1) is 5.92 Å². The van der Waals surface area contributed by atoms with Crippen LogP contribution in [-0.4, -0.2) is 90.1 Å². The van der Waals surface area contributed by atoms with Gasteiger partial charge in [0.05, 0.1) is 0 Å². The maximum absolute atomic E-state index is 12.6. The minimum Gasteiger partial charge on any atom is -0.383 e. The van der Waals surface area contributed by atoms with Gasteiger partial charge in [-0.2, -0.15) is 0 Å². The van der Waals surface area contributed by atoms with Crippen molar-refractivity contribution in [1.29, 1.82) is 0 Å². The monoisotopic (exact) mass is 416 g/mol. The van der Waals surface area contributed by atoms with Crippen molar-refractivity contribution in [1.82, 2.24) is 20.0 Å². The number of aliphatic hydroxyl groups excluding tert-OH is 1. The number of carbonyl (C=O) groups is 3. The summed E-state index contributed by atoms with van der Waals surface area (Å²) >= 11 is 0.